The number of rotatable bonds is 7. The van der Waals surface area contributed by atoms with E-state index in [0.29, 0.717) is 17.5 Å². The summed E-state index contributed by atoms with van der Waals surface area (Å²) in [6.45, 7) is 2.76. The lowest BCUT2D eigenvalue weighted by atomic mass is 9.97. The molecule has 202 valence electrons. The number of aromatic carboxylic acids is 1. The zero-order valence-corrected chi connectivity index (χ0v) is 22.2. The van der Waals surface area contributed by atoms with Gasteiger partial charge in [0.2, 0.25) is 5.82 Å². The van der Waals surface area contributed by atoms with E-state index in [4.69, 9.17) is 10.2 Å². The molecule has 0 amide bonds. The maximum atomic E-state index is 11.5. The summed E-state index contributed by atoms with van der Waals surface area (Å²) in [5.74, 6) is -0.210. The fourth-order valence-corrected chi connectivity index (χ4v) is 5.19. The summed E-state index contributed by atoms with van der Waals surface area (Å²) >= 11 is 0. The first kappa shape index (κ1) is 26.0. The van der Waals surface area contributed by atoms with Crippen LogP contribution < -0.4 is 5.32 Å². The summed E-state index contributed by atoms with van der Waals surface area (Å²) in [4.78, 5) is 31.2. The van der Waals surface area contributed by atoms with Crippen LogP contribution in [0.25, 0.3) is 33.4 Å². The topological polar surface area (TPSA) is 128 Å². The van der Waals surface area contributed by atoms with Gasteiger partial charge in [-0.1, -0.05) is 54.6 Å². The minimum atomic E-state index is -1.08. The van der Waals surface area contributed by atoms with Crippen molar-refractivity contribution in [3.63, 3.8) is 0 Å². The molecule has 4 heterocycles. The first-order valence-corrected chi connectivity index (χ1v) is 13.5. The molecule has 41 heavy (non-hydrogen) atoms. The van der Waals surface area contributed by atoms with Gasteiger partial charge < -0.3 is 10.4 Å². The molecule has 0 aliphatic carbocycles. The largest absolute Gasteiger partial charge is 0.477 e. The molecule has 6 rings (SSSR count). The lowest BCUT2D eigenvalue weighted by Crippen LogP contribution is -2.38. The van der Waals surface area contributed by atoms with Crippen LogP contribution in [0.1, 0.15) is 34.7 Å². The molecule has 1 aliphatic rings. The Morgan fingerprint density at radius 2 is 1.73 bits per heavy atom. The molecular formula is C32H27N7O2. The van der Waals surface area contributed by atoms with Gasteiger partial charge in [0, 0.05) is 48.4 Å². The lowest BCUT2D eigenvalue weighted by molar-refractivity contribution is 0.0691. The second-order valence-corrected chi connectivity index (χ2v) is 10.1. The van der Waals surface area contributed by atoms with E-state index in [0.717, 1.165) is 60.2 Å². The number of nitrogens with one attached hydrogen (secondary N) is 1. The van der Waals surface area contributed by atoms with E-state index >= 15 is 0 Å². The van der Waals surface area contributed by atoms with Gasteiger partial charge in [0.15, 0.2) is 11.3 Å². The van der Waals surface area contributed by atoms with Gasteiger partial charge in [-0.3, -0.25) is 4.90 Å². The van der Waals surface area contributed by atoms with E-state index in [9.17, 15) is 9.90 Å². The van der Waals surface area contributed by atoms with Crippen LogP contribution in [0.5, 0.6) is 0 Å². The number of hydrogen-bond acceptors (Lipinski definition) is 8. The summed E-state index contributed by atoms with van der Waals surface area (Å²) in [5, 5.41) is 22.7. The summed E-state index contributed by atoms with van der Waals surface area (Å²) in [5.41, 5.74) is 5.31. The van der Waals surface area contributed by atoms with Crippen molar-refractivity contribution in [1.82, 2.24) is 24.8 Å². The highest BCUT2D eigenvalue weighted by molar-refractivity contribution is 5.93. The number of carboxylic acid groups (broad SMARTS) is 1. The van der Waals surface area contributed by atoms with Crippen LogP contribution in [0.3, 0.4) is 0 Å². The van der Waals surface area contributed by atoms with Gasteiger partial charge in [-0.2, -0.15) is 5.26 Å². The first-order chi connectivity index (χ1) is 20.1. The van der Waals surface area contributed by atoms with Crippen LogP contribution in [0.2, 0.25) is 0 Å². The molecule has 0 spiro atoms. The lowest BCUT2D eigenvalue weighted by Gasteiger charge is -2.32. The Morgan fingerprint density at radius 3 is 2.46 bits per heavy atom. The number of benzene rings is 2. The molecule has 0 bridgehead atoms. The number of nitrogens with zero attached hydrogens (tertiary/aromatic N) is 6. The summed E-state index contributed by atoms with van der Waals surface area (Å²) in [6.07, 6.45) is 3.57. The van der Waals surface area contributed by atoms with E-state index in [2.05, 4.69) is 49.4 Å². The zero-order chi connectivity index (χ0) is 28.2. The predicted molar refractivity (Wildman–Crippen MR) is 156 cm³/mol. The maximum absolute atomic E-state index is 11.5. The molecule has 0 atom stereocenters. The third kappa shape index (κ3) is 5.88. The highest BCUT2D eigenvalue weighted by Gasteiger charge is 2.20. The third-order valence-corrected chi connectivity index (χ3v) is 7.31. The van der Waals surface area contributed by atoms with Crippen LogP contribution in [0.4, 0.5) is 5.82 Å². The molecule has 2 aromatic carbocycles. The number of carboxylic acids is 1. The van der Waals surface area contributed by atoms with Gasteiger partial charge in [-0.25, -0.2) is 24.7 Å². The minimum Gasteiger partial charge on any atom is -0.477 e. The van der Waals surface area contributed by atoms with Crippen molar-refractivity contribution in [2.75, 3.05) is 18.4 Å². The molecule has 3 aromatic heterocycles. The number of likely N-dealkylation sites (tertiary alicyclic amines) is 1. The van der Waals surface area contributed by atoms with Gasteiger partial charge in [0.1, 0.15) is 11.9 Å². The van der Waals surface area contributed by atoms with Crippen molar-refractivity contribution in [3.8, 4) is 28.5 Å². The van der Waals surface area contributed by atoms with Crippen molar-refractivity contribution in [2.45, 2.75) is 25.4 Å². The standard InChI is InChI=1S/C32H27N7O2/c33-19-29-34-15-12-28(37-29)35-25-13-16-39(17-14-25)20-21-6-8-23(9-7-21)30-26(22-4-2-1-3-5-22)18-24-10-11-27(32(40)41)36-31(24)38-30/h1-12,15,18,25H,13-14,16-17,20H2,(H,40,41)(H,34,35,37). The Labute approximate surface area is 237 Å². The van der Waals surface area contributed by atoms with E-state index in [1.807, 2.05) is 42.5 Å². The van der Waals surface area contributed by atoms with Crippen LogP contribution in [0, 0.1) is 11.3 Å². The molecule has 0 unspecified atom stereocenters. The molecule has 1 saturated heterocycles. The maximum Gasteiger partial charge on any atom is 0.354 e. The number of carbonyl (C=O) groups is 1. The summed E-state index contributed by atoms with van der Waals surface area (Å²) in [7, 11) is 0. The monoisotopic (exact) mass is 541 g/mol. The van der Waals surface area contributed by atoms with Gasteiger partial charge in [0.25, 0.3) is 0 Å². The Morgan fingerprint density at radius 1 is 0.951 bits per heavy atom. The number of nitriles is 1. The van der Waals surface area contributed by atoms with Gasteiger partial charge in [-0.05, 0) is 48.2 Å². The highest BCUT2D eigenvalue weighted by atomic mass is 16.4. The normalized spacial score (nSPS) is 14.0. The average Bonchev–Trinajstić information content (AvgIpc) is 3.02. The molecule has 1 fully saturated rings. The zero-order valence-electron chi connectivity index (χ0n) is 22.2. The van der Waals surface area contributed by atoms with Gasteiger partial charge in [0.05, 0.1) is 5.69 Å². The van der Waals surface area contributed by atoms with Gasteiger partial charge in [-0.15, -0.1) is 0 Å². The van der Waals surface area contributed by atoms with Crippen molar-refractivity contribution in [3.05, 3.63) is 102 Å². The number of pyridine rings is 2. The first-order valence-electron chi connectivity index (χ1n) is 13.5. The van der Waals surface area contributed by atoms with Crippen LogP contribution in [0.15, 0.2) is 85.1 Å². The number of aromatic nitrogens is 4. The van der Waals surface area contributed by atoms with E-state index in [1.54, 1.807) is 18.3 Å². The Kier molecular flexibility index (Phi) is 7.30. The summed E-state index contributed by atoms with van der Waals surface area (Å²) in [6, 6.07) is 27.9. The molecule has 1 aliphatic heterocycles. The molecule has 5 aromatic rings. The number of piperidine rings is 1. The number of anilines is 1. The fraction of sp³-hybridized carbons (Fsp3) is 0.188. The quantitative estimate of drug-likeness (QED) is 0.278. The smallest absolute Gasteiger partial charge is 0.354 e. The molecule has 9 heteroatoms. The molecule has 0 radical (unpaired) electrons. The SMILES string of the molecule is N#Cc1nccc(NC2CCN(Cc3ccc(-c4nc5nc(C(=O)O)ccc5cc4-c4ccccc4)cc3)CC2)n1. The molecular weight excluding hydrogens is 514 g/mol. The van der Waals surface area contributed by atoms with E-state index < -0.39 is 5.97 Å². The van der Waals surface area contributed by atoms with Crippen molar-refractivity contribution in [2.24, 2.45) is 0 Å². The van der Waals surface area contributed by atoms with Crippen LogP contribution in [-0.4, -0.2) is 55.0 Å². The number of hydrogen-bond donors (Lipinski definition) is 2. The molecule has 2 N–H and O–H groups in total. The third-order valence-electron chi connectivity index (χ3n) is 7.31. The van der Waals surface area contributed by atoms with Gasteiger partial charge >= 0.3 is 5.97 Å². The van der Waals surface area contributed by atoms with Crippen molar-refractivity contribution >= 4 is 22.8 Å². The Balaban J connectivity index is 1.18. The molecule has 0 saturated carbocycles. The highest BCUT2D eigenvalue weighted by Crippen LogP contribution is 2.33. The van der Waals surface area contributed by atoms with E-state index in [1.165, 1.54) is 11.6 Å². The van der Waals surface area contributed by atoms with Crippen LogP contribution in [-0.2, 0) is 6.54 Å². The van der Waals surface area contributed by atoms with Crippen molar-refractivity contribution < 1.29 is 9.90 Å². The minimum absolute atomic E-state index is 0.0262. The van der Waals surface area contributed by atoms with Crippen molar-refractivity contribution in [1.29, 1.82) is 5.26 Å². The predicted octanol–water partition coefficient (Wildman–Crippen LogP) is 5.40. The second kappa shape index (κ2) is 11.5. The Bertz CT molecular complexity index is 1740. The van der Waals surface area contributed by atoms with E-state index in [-0.39, 0.29) is 11.5 Å². The molecule has 9 nitrogen and oxygen atoms in total. The van der Waals surface area contributed by atoms with Crippen LogP contribution >= 0.6 is 0 Å². The average molecular weight is 542 g/mol. The Hall–Kier alpha value is -5.20. The second-order valence-electron chi connectivity index (χ2n) is 10.1. The number of fused-ring (bicyclic) bond motifs is 1. The fourth-order valence-electron chi connectivity index (χ4n) is 5.19. The summed E-state index contributed by atoms with van der Waals surface area (Å²) < 4.78 is 0.